The van der Waals surface area contributed by atoms with Crippen LogP contribution in [0.3, 0.4) is 0 Å². The minimum Gasteiger partial charge on any atom is -0.394 e. The second kappa shape index (κ2) is 12.6. The fourth-order valence-corrected chi connectivity index (χ4v) is 12.2. The van der Waals surface area contributed by atoms with Gasteiger partial charge in [-0.3, -0.25) is 0 Å². The van der Waals surface area contributed by atoms with Gasteiger partial charge in [-0.15, -0.1) is 0 Å². The SMILES string of the molecule is C/C(=C/CC[C@](C)(O)[C@H]1[C@H](O)C[C@]2(C)[C@@H]1CC[C@@H]1[C@@]3(C)CC[C@H](O[C@@H]4O[C@H](CO)[C@@H](O)[C@H](O)[C@H]4O)C(C)(C)[C@@H]3[C@@H](O)C[C@]12C)CO. The first-order chi connectivity index (χ1) is 21.3. The molecule has 0 aromatic rings. The molecular formula is C36H62O10. The van der Waals surface area contributed by atoms with Crippen LogP contribution < -0.4 is 0 Å². The van der Waals surface area contributed by atoms with Crippen LogP contribution in [-0.2, 0) is 9.47 Å². The van der Waals surface area contributed by atoms with Crippen molar-refractivity contribution in [3.05, 3.63) is 11.6 Å². The molecule has 10 nitrogen and oxygen atoms in total. The molecule has 0 aromatic heterocycles. The van der Waals surface area contributed by atoms with E-state index in [1.807, 2.05) is 19.9 Å². The molecule has 1 saturated heterocycles. The van der Waals surface area contributed by atoms with Gasteiger partial charge >= 0.3 is 0 Å². The summed E-state index contributed by atoms with van der Waals surface area (Å²) in [5.41, 5.74) is -1.54. The van der Waals surface area contributed by atoms with Crippen molar-refractivity contribution in [3.8, 4) is 0 Å². The molecular weight excluding hydrogens is 592 g/mol. The van der Waals surface area contributed by atoms with Crippen LogP contribution in [0.1, 0.15) is 99.8 Å². The second-order valence-corrected chi connectivity index (χ2v) is 17.4. The minimum absolute atomic E-state index is 0.00580. The number of ether oxygens (including phenoxy) is 2. The summed E-state index contributed by atoms with van der Waals surface area (Å²) in [5.74, 6) is -0.0328. The van der Waals surface area contributed by atoms with Crippen LogP contribution >= 0.6 is 0 Å². The van der Waals surface area contributed by atoms with Gasteiger partial charge in [-0.05, 0) is 105 Å². The van der Waals surface area contributed by atoms with E-state index in [4.69, 9.17) is 9.47 Å². The maximum absolute atomic E-state index is 12.2. The lowest BCUT2D eigenvalue weighted by atomic mass is 9.35. The Morgan fingerprint density at radius 3 is 2.17 bits per heavy atom. The van der Waals surface area contributed by atoms with Gasteiger partial charge in [0.15, 0.2) is 6.29 Å². The summed E-state index contributed by atoms with van der Waals surface area (Å²) in [6.45, 7) is 14.3. The van der Waals surface area contributed by atoms with Gasteiger partial charge in [0.2, 0.25) is 0 Å². The predicted octanol–water partition coefficient (Wildman–Crippen LogP) is 2.27. The zero-order valence-electron chi connectivity index (χ0n) is 29.0. The highest BCUT2D eigenvalue weighted by atomic mass is 16.7. The smallest absolute Gasteiger partial charge is 0.186 e. The topological polar surface area (TPSA) is 180 Å². The number of fused-ring (bicyclic) bond motifs is 5. The van der Waals surface area contributed by atoms with Gasteiger partial charge in [0.05, 0.1) is 37.1 Å². The number of aliphatic hydroxyl groups excluding tert-OH is 7. The van der Waals surface area contributed by atoms with Crippen LogP contribution in [0, 0.1) is 45.3 Å². The summed E-state index contributed by atoms with van der Waals surface area (Å²) in [5, 5.41) is 86.0. The Morgan fingerprint density at radius 2 is 1.54 bits per heavy atom. The fraction of sp³-hybridized carbons (Fsp3) is 0.944. The predicted molar refractivity (Wildman–Crippen MR) is 171 cm³/mol. The lowest BCUT2D eigenvalue weighted by Gasteiger charge is -2.71. The lowest BCUT2D eigenvalue weighted by Crippen LogP contribution is -2.68. The van der Waals surface area contributed by atoms with E-state index >= 15 is 0 Å². The molecule has 46 heavy (non-hydrogen) atoms. The Balaban J connectivity index is 1.39. The van der Waals surface area contributed by atoms with Crippen LogP contribution in [0.25, 0.3) is 0 Å². The molecule has 0 bridgehead atoms. The second-order valence-electron chi connectivity index (χ2n) is 17.4. The van der Waals surface area contributed by atoms with E-state index in [1.165, 1.54) is 0 Å². The third-order valence-corrected chi connectivity index (χ3v) is 14.5. The third kappa shape index (κ3) is 5.55. The zero-order valence-corrected chi connectivity index (χ0v) is 29.0. The molecule has 266 valence electrons. The Kier molecular flexibility index (Phi) is 10.0. The number of aliphatic hydroxyl groups is 8. The standard InChI is InChI=1S/C36H62O10/c1-19(17-37)9-8-13-36(7,44)26-20-10-11-24-33(4)14-12-25(46-31-29(43)28(42)27(41)23(18-38)45-31)32(2,3)30(33)22(40)16-35(24,6)34(20,5)15-21(26)39/h9,20-31,37-44H,8,10-18H2,1-7H3/b19-9-/t20-,21-,22+,23-,24-,25+,26-,27-,28+,29-,30+,31+,33-,34-,35-,36+/m1/s1. The summed E-state index contributed by atoms with van der Waals surface area (Å²) >= 11 is 0. The van der Waals surface area contributed by atoms with Crippen molar-refractivity contribution in [3.63, 3.8) is 0 Å². The van der Waals surface area contributed by atoms with Gasteiger partial charge in [0.25, 0.3) is 0 Å². The maximum atomic E-state index is 12.2. The van der Waals surface area contributed by atoms with Crippen molar-refractivity contribution < 1.29 is 50.3 Å². The number of hydrogen-bond acceptors (Lipinski definition) is 10. The molecule has 0 amide bonds. The van der Waals surface area contributed by atoms with Crippen molar-refractivity contribution in [2.75, 3.05) is 13.2 Å². The summed E-state index contributed by atoms with van der Waals surface area (Å²) in [7, 11) is 0. The van der Waals surface area contributed by atoms with E-state index in [-0.39, 0.29) is 46.5 Å². The average Bonchev–Trinajstić information content (AvgIpc) is 3.25. The number of hydrogen-bond donors (Lipinski definition) is 8. The number of rotatable bonds is 8. The van der Waals surface area contributed by atoms with E-state index in [0.717, 1.165) is 24.8 Å². The van der Waals surface area contributed by atoms with Gasteiger partial charge in [-0.25, -0.2) is 0 Å². The molecule has 0 radical (unpaired) electrons. The minimum atomic E-state index is -1.52. The van der Waals surface area contributed by atoms with Crippen molar-refractivity contribution in [2.24, 2.45) is 45.3 Å². The van der Waals surface area contributed by atoms with Gasteiger partial charge < -0.3 is 50.3 Å². The van der Waals surface area contributed by atoms with Gasteiger partial charge in [-0.2, -0.15) is 0 Å². The normalized spacial score (nSPS) is 51.9. The monoisotopic (exact) mass is 654 g/mol. The zero-order chi connectivity index (χ0) is 34.2. The molecule has 5 aliphatic rings. The van der Waals surface area contributed by atoms with E-state index in [1.54, 1.807) is 0 Å². The summed E-state index contributed by atoms with van der Waals surface area (Å²) in [4.78, 5) is 0. The summed E-state index contributed by atoms with van der Waals surface area (Å²) in [6.07, 6.45) is -0.930. The first-order valence-electron chi connectivity index (χ1n) is 17.6. The third-order valence-electron chi connectivity index (χ3n) is 14.5. The van der Waals surface area contributed by atoms with E-state index < -0.39 is 66.6 Å². The summed E-state index contributed by atoms with van der Waals surface area (Å²) < 4.78 is 12.1. The molecule has 0 spiro atoms. The number of allylic oxidation sites excluding steroid dienone is 1. The van der Waals surface area contributed by atoms with Gasteiger partial charge in [0, 0.05) is 5.92 Å². The van der Waals surface area contributed by atoms with Crippen LogP contribution in [0.15, 0.2) is 11.6 Å². The molecule has 4 saturated carbocycles. The lowest BCUT2D eigenvalue weighted by molar-refractivity contribution is -0.335. The van der Waals surface area contributed by atoms with E-state index in [0.29, 0.717) is 32.1 Å². The van der Waals surface area contributed by atoms with Crippen LogP contribution in [-0.4, -0.2) is 109 Å². The quantitative estimate of drug-likeness (QED) is 0.143. The summed E-state index contributed by atoms with van der Waals surface area (Å²) in [6, 6.07) is 0. The van der Waals surface area contributed by atoms with Gasteiger partial charge in [0.1, 0.15) is 24.4 Å². The Labute approximate surface area is 274 Å². The highest BCUT2D eigenvalue weighted by molar-refractivity contribution is 5.21. The van der Waals surface area contributed by atoms with Crippen molar-refractivity contribution in [1.82, 2.24) is 0 Å². The van der Waals surface area contributed by atoms with Crippen molar-refractivity contribution in [2.45, 2.75) is 154 Å². The average molecular weight is 655 g/mol. The molecule has 0 unspecified atom stereocenters. The largest absolute Gasteiger partial charge is 0.394 e. The Morgan fingerprint density at radius 1 is 0.891 bits per heavy atom. The van der Waals surface area contributed by atoms with Crippen LogP contribution in [0.2, 0.25) is 0 Å². The molecule has 5 fully saturated rings. The van der Waals surface area contributed by atoms with Crippen LogP contribution in [0.4, 0.5) is 0 Å². The molecule has 5 rings (SSSR count). The van der Waals surface area contributed by atoms with Crippen LogP contribution in [0.5, 0.6) is 0 Å². The maximum Gasteiger partial charge on any atom is 0.186 e. The molecule has 1 aliphatic heterocycles. The van der Waals surface area contributed by atoms with E-state index in [2.05, 4.69) is 34.6 Å². The van der Waals surface area contributed by atoms with Crippen molar-refractivity contribution in [1.29, 1.82) is 0 Å². The first kappa shape index (κ1) is 36.6. The Hall–Kier alpha value is -0.660. The first-order valence-corrected chi connectivity index (χ1v) is 17.6. The molecule has 4 aliphatic carbocycles. The molecule has 8 N–H and O–H groups in total. The fourth-order valence-electron chi connectivity index (χ4n) is 12.2. The molecule has 1 heterocycles. The molecule has 0 aromatic carbocycles. The van der Waals surface area contributed by atoms with Gasteiger partial charge in [-0.1, -0.05) is 46.3 Å². The highest BCUT2D eigenvalue weighted by Gasteiger charge is 2.73. The van der Waals surface area contributed by atoms with Crippen molar-refractivity contribution >= 4 is 0 Å². The molecule has 16 atom stereocenters. The Bertz CT molecular complexity index is 1120. The van der Waals surface area contributed by atoms with E-state index in [9.17, 15) is 40.9 Å². The molecule has 10 heteroatoms. The highest BCUT2D eigenvalue weighted by Crippen LogP contribution is 2.76.